The zero-order valence-electron chi connectivity index (χ0n) is 16.8. The van der Waals surface area contributed by atoms with E-state index in [0.29, 0.717) is 0 Å². The maximum atomic E-state index is 6.19. The maximum absolute atomic E-state index is 6.19. The van der Waals surface area contributed by atoms with Gasteiger partial charge in [-0.05, 0) is 24.0 Å². The van der Waals surface area contributed by atoms with Gasteiger partial charge in [-0.25, -0.2) is 0 Å². The summed E-state index contributed by atoms with van der Waals surface area (Å²) in [7, 11) is 0. The van der Waals surface area contributed by atoms with Gasteiger partial charge in [0.2, 0.25) is 0 Å². The monoisotopic (exact) mass is 386 g/mol. The van der Waals surface area contributed by atoms with Gasteiger partial charge in [0.05, 0.1) is 12.2 Å². The summed E-state index contributed by atoms with van der Waals surface area (Å²) >= 11 is 1.93. The van der Waals surface area contributed by atoms with Crippen LogP contribution in [-0.4, -0.2) is 24.7 Å². The van der Waals surface area contributed by atoms with Gasteiger partial charge in [0.1, 0.15) is 0 Å². The second-order valence-electron chi connectivity index (χ2n) is 6.78. The van der Waals surface area contributed by atoms with Crippen molar-refractivity contribution in [1.82, 2.24) is 0 Å². The van der Waals surface area contributed by atoms with E-state index in [1.807, 2.05) is 11.8 Å². The van der Waals surface area contributed by atoms with E-state index in [0.717, 1.165) is 50.4 Å². The van der Waals surface area contributed by atoms with Gasteiger partial charge in [-0.3, -0.25) is 0 Å². The summed E-state index contributed by atoms with van der Waals surface area (Å²) in [5.41, 5.74) is 2.54. The zero-order valence-corrected chi connectivity index (χ0v) is 17.6. The van der Waals surface area contributed by atoms with Crippen LogP contribution in [-0.2, 0) is 9.47 Å². The summed E-state index contributed by atoms with van der Waals surface area (Å²) in [5.74, 6) is 1.91. The number of rotatable bonds is 14. The van der Waals surface area contributed by atoms with Crippen molar-refractivity contribution in [3.8, 4) is 0 Å². The Morgan fingerprint density at radius 1 is 0.667 bits per heavy atom. The van der Waals surface area contributed by atoms with Crippen molar-refractivity contribution in [2.75, 3.05) is 24.7 Å². The summed E-state index contributed by atoms with van der Waals surface area (Å²) in [6, 6.07) is 21.2. The van der Waals surface area contributed by atoms with E-state index in [1.54, 1.807) is 0 Å². The highest BCUT2D eigenvalue weighted by Gasteiger charge is 2.16. The van der Waals surface area contributed by atoms with Gasteiger partial charge in [0, 0.05) is 24.7 Å². The van der Waals surface area contributed by atoms with Crippen molar-refractivity contribution >= 4 is 11.8 Å². The summed E-state index contributed by atoms with van der Waals surface area (Å²) < 4.78 is 12.4. The van der Waals surface area contributed by atoms with Gasteiger partial charge in [-0.15, -0.1) is 0 Å². The predicted octanol–water partition coefficient (Wildman–Crippen LogP) is 6.84. The van der Waals surface area contributed by atoms with Gasteiger partial charge >= 0.3 is 0 Å². The normalized spacial score (nSPS) is 13.4. The largest absolute Gasteiger partial charge is 0.373 e. The Bertz CT molecular complexity index is 534. The Morgan fingerprint density at radius 2 is 1.07 bits per heavy atom. The molecule has 3 heteroatoms. The molecular weight excluding hydrogens is 352 g/mol. The molecule has 0 aromatic heterocycles. The van der Waals surface area contributed by atoms with Crippen molar-refractivity contribution in [3.63, 3.8) is 0 Å². The Balaban J connectivity index is 1.92. The van der Waals surface area contributed by atoms with Crippen LogP contribution in [0, 0.1) is 0 Å². The summed E-state index contributed by atoms with van der Waals surface area (Å²) in [5, 5.41) is 0. The molecule has 27 heavy (non-hydrogen) atoms. The van der Waals surface area contributed by atoms with Crippen LogP contribution < -0.4 is 0 Å². The van der Waals surface area contributed by atoms with E-state index in [4.69, 9.17) is 9.47 Å². The molecule has 2 nitrogen and oxygen atoms in total. The molecule has 0 saturated heterocycles. The van der Waals surface area contributed by atoms with Crippen LogP contribution in [0.4, 0.5) is 0 Å². The highest BCUT2D eigenvalue weighted by atomic mass is 32.2. The molecule has 0 spiro atoms. The van der Waals surface area contributed by atoms with Crippen molar-refractivity contribution < 1.29 is 9.47 Å². The molecule has 0 N–H and O–H groups in total. The quantitative estimate of drug-likeness (QED) is 0.331. The van der Waals surface area contributed by atoms with Crippen LogP contribution >= 0.6 is 11.8 Å². The molecule has 0 aliphatic rings. The van der Waals surface area contributed by atoms with Crippen molar-refractivity contribution in [2.45, 2.75) is 51.7 Å². The SMILES string of the molecule is CCCCOC(CSCC(OCCCC)c1ccccc1)c1ccccc1. The maximum Gasteiger partial charge on any atom is 0.0915 e. The minimum absolute atomic E-state index is 0.148. The average Bonchev–Trinajstić information content (AvgIpc) is 2.73. The van der Waals surface area contributed by atoms with Gasteiger partial charge in [-0.1, -0.05) is 87.4 Å². The molecular formula is C24H34O2S. The summed E-state index contributed by atoms with van der Waals surface area (Å²) in [6.07, 6.45) is 4.85. The number of unbranched alkanes of at least 4 members (excludes halogenated alkanes) is 2. The van der Waals surface area contributed by atoms with E-state index in [2.05, 4.69) is 74.5 Å². The van der Waals surface area contributed by atoms with Crippen LogP contribution in [0.1, 0.15) is 62.9 Å². The smallest absolute Gasteiger partial charge is 0.0915 e. The van der Waals surface area contributed by atoms with Crippen molar-refractivity contribution in [3.05, 3.63) is 71.8 Å². The van der Waals surface area contributed by atoms with Crippen LogP contribution in [0.3, 0.4) is 0 Å². The molecule has 0 saturated carbocycles. The Kier molecular flexibility index (Phi) is 11.3. The third kappa shape index (κ3) is 8.50. The van der Waals surface area contributed by atoms with Crippen LogP contribution in [0.25, 0.3) is 0 Å². The first kappa shape index (κ1) is 22.0. The van der Waals surface area contributed by atoms with Gasteiger partial charge in [0.25, 0.3) is 0 Å². The molecule has 2 aromatic carbocycles. The Labute approximate surface area is 169 Å². The lowest BCUT2D eigenvalue weighted by molar-refractivity contribution is 0.0633. The Morgan fingerprint density at radius 3 is 1.44 bits per heavy atom. The first-order chi connectivity index (χ1) is 13.3. The van der Waals surface area contributed by atoms with E-state index in [-0.39, 0.29) is 12.2 Å². The number of ether oxygens (including phenoxy) is 2. The number of hydrogen-bond donors (Lipinski definition) is 0. The molecule has 0 bridgehead atoms. The average molecular weight is 387 g/mol. The minimum Gasteiger partial charge on any atom is -0.373 e. The lowest BCUT2D eigenvalue weighted by atomic mass is 10.1. The molecule has 0 radical (unpaired) electrons. The highest BCUT2D eigenvalue weighted by Crippen LogP contribution is 2.28. The Hall–Kier alpha value is -1.29. The van der Waals surface area contributed by atoms with Crippen molar-refractivity contribution in [2.24, 2.45) is 0 Å². The predicted molar refractivity (Wildman–Crippen MR) is 117 cm³/mol. The number of thioether (sulfide) groups is 1. The molecule has 2 unspecified atom stereocenters. The van der Waals surface area contributed by atoms with Crippen LogP contribution in [0.15, 0.2) is 60.7 Å². The lowest BCUT2D eigenvalue weighted by Crippen LogP contribution is -2.12. The molecule has 0 aliphatic heterocycles. The lowest BCUT2D eigenvalue weighted by Gasteiger charge is -2.21. The van der Waals surface area contributed by atoms with Gasteiger partial charge in [-0.2, -0.15) is 11.8 Å². The van der Waals surface area contributed by atoms with E-state index >= 15 is 0 Å². The standard InChI is InChI=1S/C24H34O2S/c1-3-5-17-25-23(21-13-9-7-10-14-21)19-27-20-24(26-18-6-4-2)22-15-11-8-12-16-22/h7-16,23-24H,3-6,17-20H2,1-2H3. The molecule has 0 amide bonds. The third-order valence-corrected chi connectivity index (χ3v) is 5.59. The third-order valence-electron chi connectivity index (χ3n) is 4.52. The fraction of sp³-hybridized carbons (Fsp3) is 0.500. The van der Waals surface area contributed by atoms with Crippen LogP contribution in [0.5, 0.6) is 0 Å². The zero-order chi connectivity index (χ0) is 19.2. The summed E-state index contributed by atoms with van der Waals surface area (Å²) in [4.78, 5) is 0. The molecule has 0 fully saturated rings. The molecule has 0 aliphatic carbocycles. The fourth-order valence-electron chi connectivity index (χ4n) is 2.84. The molecule has 2 rings (SSSR count). The molecule has 0 heterocycles. The number of hydrogen-bond acceptors (Lipinski definition) is 3. The highest BCUT2D eigenvalue weighted by molar-refractivity contribution is 7.99. The molecule has 148 valence electrons. The minimum atomic E-state index is 0.148. The van der Waals surface area contributed by atoms with Gasteiger partial charge in [0.15, 0.2) is 0 Å². The molecule has 2 aromatic rings. The molecule has 2 atom stereocenters. The second kappa shape index (κ2) is 13.8. The van der Waals surface area contributed by atoms with Gasteiger partial charge < -0.3 is 9.47 Å². The van der Waals surface area contributed by atoms with Crippen molar-refractivity contribution in [1.29, 1.82) is 0 Å². The summed E-state index contributed by atoms with van der Waals surface area (Å²) in [6.45, 7) is 6.05. The van der Waals surface area contributed by atoms with Crippen LogP contribution in [0.2, 0.25) is 0 Å². The van der Waals surface area contributed by atoms with E-state index in [9.17, 15) is 0 Å². The first-order valence-corrected chi connectivity index (χ1v) is 11.4. The number of benzene rings is 2. The van der Waals surface area contributed by atoms with E-state index in [1.165, 1.54) is 11.1 Å². The first-order valence-electron chi connectivity index (χ1n) is 10.3. The second-order valence-corrected chi connectivity index (χ2v) is 7.86. The van der Waals surface area contributed by atoms with E-state index < -0.39 is 0 Å². The topological polar surface area (TPSA) is 18.5 Å². The fourth-order valence-corrected chi connectivity index (χ4v) is 3.98.